The van der Waals surface area contributed by atoms with Crippen molar-refractivity contribution in [1.29, 1.82) is 0 Å². The number of carbonyl (C=O) groups excluding carboxylic acids is 1. The van der Waals surface area contributed by atoms with Crippen LogP contribution in [0.5, 0.6) is 5.75 Å². The molecule has 1 N–H and O–H groups in total. The van der Waals surface area contributed by atoms with Gasteiger partial charge in [-0.25, -0.2) is 9.78 Å². The zero-order valence-electron chi connectivity index (χ0n) is 19.5. The lowest BCUT2D eigenvalue weighted by Crippen LogP contribution is -2.33. The topological polar surface area (TPSA) is 84.7 Å². The molecule has 7 nitrogen and oxygen atoms in total. The van der Waals surface area contributed by atoms with Crippen molar-refractivity contribution in [2.75, 3.05) is 25.1 Å². The lowest BCUT2D eigenvalue weighted by Gasteiger charge is -2.31. The molecule has 1 amide bonds. The van der Waals surface area contributed by atoms with Gasteiger partial charge >= 0.3 is 5.63 Å². The number of hydrogen-bond donors (Lipinski definition) is 1. The molecule has 3 heterocycles. The van der Waals surface area contributed by atoms with Crippen LogP contribution in [0.15, 0.2) is 45.7 Å². The number of aromatic nitrogens is 1. The van der Waals surface area contributed by atoms with E-state index >= 15 is 0 Å². The predicted molar refractivity (Wildman–Crippen MR) is 129 cm³/mol. The van der Waals surface area contributed by atoms with Gasteiger partial charge in [-0.3, -0.25) is 4.79 Å². The molecule has 2 aromatic heterocycles. The van der Waals surface area contributed by atoms with Crippen LogP contribution in [0, 0.1) is 12.8 Å². The SMILES string of the molecule is COc1ccc2c(C)c(CCC(=O)NCc3ccc(N4CCC(C)CC4)nc3)c(=O)oc2c1. The minimum Gasteiger partial charge on any atom is -0.497 e. The molecule has 1 aromatic carbocycles. The first-order valence-electron chi connectivity index (χ1n) is 11.5. The third-order valence-electron chi connectivity index (χ3n) is 6.50. The second-order valence-corrected chi connectivity index (χ2v) is 8.83. The van der Waals surface area contributed by atoms with E-state index in [1.54, 1.807) is 13.2 Å². The highest BCUT2D eigenvalue weighted by Crippen LogP contribution is 2.24. The molecular weight excluding hydrogens is 418 g/mol. The number of benzene rings is 1. The van der Waals surface area contributed by atoms with Gasteiger partial charge in [0.05, 0.1) is 7.11 Å². The van der Waals surface area contributed by atoms with Crippen molar-refractivity contribution in [1.82, 2.24) is 10.3 Å². The van der Waals surface area contributed by atoms with Gasteiger partial charge in [-0.15, -0.1) is 0 Å². The van der Waals surface area contributed by atoms with E-state index in [0.717, 1.165) is 41.3 Å². The predicted octanol–water partition coefficient (Wildman–Crippen LogP) is 3.99. The lowest BCUT2D eigenvalue weighted by atomic mass is 9.99. The number of piperidine rings is 1. The third kappa shape index (κ3) is 5.35. The Hall–Kier alpha value is -3.35. The molecule has 3 aromatic rings. The van der Waals surface area contributed by atoms with Crippen LogP contribution >= 0.6 is 0 Å². The lowest BCUT2D eigenvalue weighted by molar-refractivity contribution is -0.121. The van der Waals surface area contributed by atoms with E-state index in [-0.39, 0.29) is 12.3 Å². The summed E-state index contributed by atoms with van der Waals surface area (Å²) in [6.07, 6.45) is 4.76. The van der Waals surface area contributed by atoms with Crippen molar-refractivity contribution in [2.24, 2.45) is 5.92 Å². The number of methoxy groups -OCH3 is 1. The van der Waals surface area contributed by atoms with Gasteiger partial charge in [0.15, 0.2) is 0 Å². The molecule has 1 aliphatic heterocycles. The van der Waals surface area contributed by atoms with Gasteiger partial charge in [-0.1, -0.05) is 13.0 Å². The van der Waals surface area contributed by atoms with Gasteiger partial charge in [0.2, 0.25) is 5.91 Å². The maximum absolute atomic E-state index is 12.5. The fourth-order valence-electron chi connectivity index (χ4n) is 4.26. The molecule has 1 aliphatic rings. The highest BCUT2D eigenvalue weighted by atomic mass is 16.5. The van der Waals surface area contributed by atoms with Crippen LogP contribution in [0.3, 0.4) is 0 Å². The minimum absolute atomic E-state index is 0.113. The van der Waals surface area contributed by atoms with E-state index in [4.69, 9.17) is 9.15 Å². The molecular formula is C26H31N3O4. The molecule has 0 aliphatic carbocycles. The van der Waals surface area contributed by atoms with Crippen LogP contribution in [0.25, 0.3) is 11.0 Å². The number of hydrogen-bond acceptors (Lipinski definition) is 6. The van der Waals surface area contributed by atoms with Crippen LogP contribution in [0.4, 0.5) is 5.82 Å². The highest BCUT2D eigenvalue weighted by molar-refractivity contribution is 5.82. The summed E-state index contributed by atoms with van der Waals surface area (Å²) in [4.78, 5) is 31.8. The Morgan fingerprint density at radius 1 is 1.24 bits per heavy atom. The number of amides is 1. The zero-order chi connectivity index (χ0) is 23.4. The molecule has 0 unspecified atom stereocenters. The Balaban J connectivity index is 1.32. The first-order chi connectivity index (χ1) is 15.9. The van der Waals surface area contributed by atoms with Crippen LogP contribution in [-0.4, -0.2) is 31.1 Å². The molecule has 0 saturated carbocycles. The number of fused-ring (bicyclic) bond motifs is 1. The molecule has 7 heteroatoms. The van der Waals surface area contributed by atoms with E-state index in [9.17, 15) is 9.59 Å². The molecule has 0 radical (unpaired) electrons. The number of rotatable bonds is 7. The second kappa shape index (κ2) is 10.1. The van der Waals surface area contributed by atoms with E-state index < -0.39 is 5.63 Å². The van der Waals surface area contributed by atoms with Crippen LogP contribution in [0.2, 0.25) is 0 Å². The average Bonchev–Trinajstić information content (AvgIpc) is 2.83. The molecule has 0 bridgehead atoms. The Morgan fingerprint density at radius 3 is 2.73 bits per heavy atom. The first kappa shape index (κ1) is 22.8. The zero-order valence-corrected chi connectivity index (χ0v) is 19.5. The smallest absolute Gasteiger partial charge is 0.339 e. The summed E-state index contributed by atoms with van der Waals surface area (Å²) in [7, 11) is 1.57. The molecule has 174 valence electrons. The van der Waals surface area contributed by atoms with Gasteiger partial charge in [0.1, 0.15) is 17.2 Å². The summed E-state index contributed by atoms with van der Waals surface area (Å²) in [6, 6.07) is 9.44. The van der Waals surface area contributed by atoms with Crippen molar-refractivity contribution in [3.63, 3.8) is 0 Å². The maximum Gasteiger partial charge on any atom is 0.339 e. The molecule has 0 spiro atoms. The Kier molecular flexibility index (Phi) is 6.96. The van der Waals surface area contributed by atoms with Gasteiger partial charge in [0.25, 0.3) is 0 Å². The Bertz CT molecular complexity index is 1180. The normalized spacial score (nSPS) is 14.5. The monoisotopic (exact) mass is 449 g/mol. The molecule has 0 atom stereocenters. The van der Waals surface area contributed by atoms with Crippen molar-refractivity contribution in [3.8, 4) is 5.75 Å². The minimum atomic E-state index is -0.409. The van der Waals surface area contributed by atoms with E-state index in [0.29, 0.717) is 29.9 Å². The fourth-order valence-corrected chi connectivity index (χ4v) is 4.26. The molecule has 1 saturated heterocycles. The largest absolute Gasteiger partial charge is 0.497 e. The summed E-state index contributed by atoms with van der Waals surface area (Å²) in [5.74, 6) is 2.29. The quantitative estimate of drug-likeness (QED) is 0.549. The number of ether oxygens (including phenoxy) is 1. The van der Waals surface area contributed by atoms with Gasteiger partial charge in [0, 0.05) is 49.3 Å². The Morgan fingerprint density at radius 2 is 2.03 bits per heavy atom. The first-order valence-corrected chi connectivity index (χ1v) is 11.5. The summed E-state index contributed by atoms with van der Waals surface area (Å²) in [5.41, 5.74) is 2.40. The van der Waals surface area contributed by atoms with Crippen LogP contribution in [0.1, 0.15) is 42.9 Å². The van der Waals surface area contributed by atoms with Crippen LogP contribution < -0.4 is 20.6 Å². The summed E-state index contributed by atoms with van der Waals surface area (Å²) >= 11 is 0. The van der Waals surface area contributed by atoms with Crippen molar-refractivity contribution < 1.29 is 13.9 Å². The summed E-state index contributed by atoms with van der Waals surface area (Å²) < 4.78 is 10.7. The highest BCUT2D eigenvalue weighted by Gasteiger charge is 2.17. The second-order valence-electron chi connectivity index (χ2n) is 8.83. The van der Waals surface area contributed by atoms with Crippen molar-refractivity contribution in [3.05, 3.63) is 63.6 Å². The number of nitrogens with zero attached hydrogens (tertiary/aromatic N) is 2. The average molecular weight is 450 g/mol. The standard InChI is InChI=1S/C26H31N3O4/c1-17-10-12-29(13-11-17)24-8-4-19(15-27-24)16-28-25(30)9-7-22-18(2)21-6-5-20(32-3)14-23(21)33-26(22)31/h4-6,8,14-15,17H,7,9-13,16H2,1-3H3,(H,28,30). The maximum atomic E-state index is 12.5. The number of anilines is 1. The fraction of sp³-hybridized carbons (Fsp3) is 0.423. The number of pyridine rings is 1. The number of aryl methyl sites for hydroxylation is 1. The van der Waals surface area contributed by atoms with Gasteiger partial charge in [-0.2, -0.15) is 0 Å². The summed E-state index contributed by atoms with van der Waals surface area (Å²) in [5, 5.41) is 3.77. The molecule has 4 rings (SSSR count). The summed E-state index contributed by atoms with van der Waals surface area (Å²) in [6.45, 7) is 6.67. The van der Waals surface area contributed by atoms with E-state index in [2.05, 4.69) is 22.1 Å². The van der Waals surface area contributed by atoms with Crippen LogP contribution in [-0.2, 0) is 17.8 Å². The number of carbonyl (C=O) groups is 1. The third-order valence-corrected chi connectivity index (χ3v) is 6.50. The molecule has 33 heavy (non-hydrogen) atoms. The Labute approximate surface area is 193 Å². The van der Waals surface area contributed by atoms with Gasteiger partial charge in [-0.05, 0) is 61.4 Å². The number of nitrogens with one attached hydrogen (secondary N) is 1. The van der Waals surface area contributed by atoms with Gasteiger partial charge < -0.3 is 19.4 Å². The van der Waals surface area contributed by atoms with E-state index in [1.807, 2.05) is 37.4 Å². The van der Waals surface area contributed by atoms with Crippen molar-refractivity contribution in [2.45, 2.75) is 46.1 Å². The van der Waals surface area contributed by atoms with E-state index in [1.165, 1.54) is 12.8 Å². The van der Waals surface area contributed by atoms with Crippen molar-refractivity contribution >= 4 is 22.7 Å². The molecule has 1 fully saturated rings.